The molecule has 27 heavy (non-hydrogen) atoms. The van der Waals surface area contributed by atoms with E-state index < -0.39 is 6.04 Å². The molecule has 7 nitrogen and oxygen atoms in total. The zero-order chi connectivity index (χ0) is 19.6. The van der Waals surface area contributed by atoms with E-state index in [1.807, 2.05) is 6.92 Å². The summed E-state index contributed by atoms with van der Waals surface area (Å²) in [4.78, 5) is 23.9. The van der Waals surface area contributed by atoms with Crippen LogP contribution in [0.3, 0.4) is 0 Å². The minimum absolute atomic E-state index is 0.232. The lowest BCUT2D eigenvalue weighted by Gasteiger charge is -2.17. The van der Waals surface area contributed by atoms with Crippen LogP contribution in [-0.4, -0.2) is 33.0 Å². The molecule has 0 N–H and O–H groups in total. The molecule has 2 aromatic heterocycles. The average Bonchev–Trinajstić information content (AvgIpc) is 3.09. The molecule has 2 heterocycles. The van der Waals surface area contributed by atoms with E-state index in [1.165, 1.54) is 28.6 Å². The van der Waals surface area contributed by atoms with Gasteiger partial charge in [-0.1, -0.05) is 35.3 Å². The standard InChI is InChI=1S/C18H16Cl2N4O3/c1-3-12(10-25)23-8-16(27-2)14(7-18(23)26)13-6-11(19)4-5-15(13)24-9-17(20)21-22-24/h4-10,12H,3H2,1-2H3. The number of aromatic nitrogens is 4. The number of benzene rings is 1. The molecule has 0 amide bonds. The Morgan fingerprint density at radius 3 is 2.59 bits per heavy atom. The predicted molar refractivity (Wildman–Crippen MR) is 103 cm³/mol. The second-order valence-corrected chi connectivity index (χ2v) is 6.58. The van der Waals surface area contributed by atoms with E-state index in [9.17, 15) is 9.59 Å². The normalized spacial score (nSPS) is 12.0. The van der Waals surface area contributed by atoms with E-state index in [1.54, 1.807) is 24.4 Å². The van der Waals surface area contributed by atoms with Crippen LogP contribution in [0.2, 0.25) is 10.2 Å². The third kappa shape index (κ3) is 3.74. The van der Waals surface area contributed by atoms with Crippen molar-refractivity contribution in [3.63, 3.8) is 0 Å². The predicted octanol–water partition coefficient (Wildman–Crippen LogP) is 3.56. The van der Waals surface area contributed by atoms with Crippen LogP contribution < -0.4 is 10.3 Å². The van der Waals surface area contributed by atoms with Crippen LogP contribution in [0.1, 0.15) is 19.4 Å². The first-order chi connectivity index (χ1) is 13.0. The van der Waals surface area contributed by atoms with Crippen molar-refractivity contribution in [3.05, 3.63) is 57.2 Å². The van der Waals surface area contributed by atoms with Crippen LogP contribution in [0.25, 0.3) is 16.8 Å². The highest BCUT2D eigenvalue weighted by molar-refractivity contribution is 6.31. The molecule has 9 heteroatoms. The number of methoxy groups -OCH3 is 1. The van der Waals surface area contributed by atoms with Gasteiger partial charge in [-0.15, -0.1) is 5.10 Å². The molecule has 1 unspecified atom stereocenters. The number of halogens is 2. The van der Waals surface area contributed by atoms with Gasteiger partial charge in [0.05, 0.1) is 31.2 Å². The number of rotatable bonds is 6. The number of aldehydes is 1. The van der Waals surface area contributed by atoms with Gasteiger partial charge in [0.1, 0.15) is 12.0 Å². The number of nitrogens with zero attached hydrogens (tertiary/aromatic N) is 4. The summed E-state index contributed by atoms with van der Waals surface area (Å²) in [5.41, 5.74) is 1.43. The molecule has 0 saturated heterocycles. The van der Waals surface area contributed by atoms with Gasteiger partial charge in [-0.3, -0.25) is 4.79 Å². The van der Waals surface area contributed by atoms with Crippen LogP contribution in [-0.2, 0) is 4.79 Å². The number of hydrogen-bond donors (Lipinski definition) is 0. The summed E-state index contributed by atoms with van der Waals surface area (Å²) >= 11 is 12.1. The van der Waals surface area contributed by atoms with Gasteiger partial charge in [-0.2, -0.15) is 0 Å². The molecule has 0 fully saturated rings. The van der Waals surface area contributed by atoms with Gasteiger partial charge in [-0.05, 0) is 24.6 Å². The van der Waals surface area contributed by atoms with Crippen molar-refractivity contribution >= 4 is 29.5 Å². The van der Waals surface area contributed by atoms with Gasteiger partial charge in [0, 0.05) is 22.2 Å². The minimum Gasteiger partial charge on any atom is -0.495 e. The monoisotopic (exact) mass is 406 g/mol. The first-order valence-corrected chi connectivity index (χ1v) is 8.87. The maximum absolute atomic E-state index is 12.6. The molecule has 0 radical (unpaired) electrons. The smallest absolute Gasteiger partial charge is 0.252 e. The van der Waals surface area contributed by atoms with Gasteiger partial charge in [0.15, 0.2) is 5.15 Å². The Labute approximate surface area is 165 Å². The van der Waals surface area contributed by atoms with Crippen LogP contribution in [0, 0.1) is 0 Å². The maximum atomic E-state index is 12.6. The van der Waals surface area contributed by atoms with E-state index in [2.05, 4.69) is 10.3 Å². The molecule has 0 aliphatic carbocycles. The Hall–Kier alpha value is -2.64. The van der Waals surface area contributed by atoms with Gasteiger partial charge in [0.2, 0.25) is 0 Å². The fourth-order valence-electron chi connectivity index (χ4n) is 2.80. The van der Waals surface area contributed by atoms with E-state index in [0.29, 0.717) is 34.0 Å². The first kappa shape index (κ1) is 19.1. The summed E-state index contributed by atoms with van der Waals surface area (Å²) in [6.07, 6.45) is 4.30. The van der Waals surface area contributed by atoms with Gasteiger partial charge in [-0.25, -0.2) is 4.68 Å². The highest BCUT2D eigenvalue weighted by atomic mass is 35.5. The fourth-order valence-corrected chi connectivity index (χ4v) is 3.10. The molecule has 1 atom stereocenters. The number of carbonyl (C=O) groups excluding carboxylic acids is 1. The molecule has 140 valence electrons. The lowest BCUT2D eigenvalue weighted by atomic mass is 10.0. The lowest BCUT2D eigenvalue weighted by molar-refractivity contribution is -0.110. The molecule has 3 aromatic rings. The van der Waals surface area contributed by atoms with Crippen molar-refractivity contribution in [2.24, 2.45) is 0 Å². The zero-order valence-corrected chi connectivity index (χ0v) is 16.1. The number of pyridine rings is 1. The van der Waals surface area contributed by atoms with Crippen molar-refractivity contribution < 1.29 is 9.53 Å². The summed E-state index contributed by atoms with van der Waals surface area (Å²) in [5, 5.41) is 8.46. The Morgan fingerprint density at radius 1 is 1.22 bits per heavy atom. The lowest BCUT2D eigenvalue weighted by Crippen LogP contribution is -2.24. The van der Waals surface area contributed by atoms with Gasteiger partial charge < -0.3 is 14.1 Å². The second-order valence-electron chi connectivity index (χ2n) is 5.76. The average molecular weight is 407 g/mol. The summed E-state index contributed by atoms with van der Waals surface area (Å²) in [6, 6.07) is 5.99. The molecule has 3 rings (SSSR count). The summed E-state index contributed by atoms with van der Waals surface area (Å²) in [7, 11) is 1.49. The highest BCUT2D eigenvalue weighted by Crippen LogP contribution is 2.35. The molecule has 0 saturated carbocycles. The van der Waals surface area contributed by atoms with Crippen molar-refractivity contribution in [1.82, 2.24) is 19.6 Å². The third-order valence-corrected chi connectivity index (χ3v) is 4.57. The quantitative estimate of drug-likeness (QED) is 0.584. The Balaban J connectivity index is 2.25. The van der Waals surface area contributed by atoms with Crippen molar-refractivity contribution in [1.29, 1.82) is 0 Å². The summed E-state index contributed by atoms with van der Waals surface area (Å²) in [6.45, 7) is 1.83. The van der Waals surface area contributed by atoms with Crippen LogP contribution >= 0.6 is 23.2 Å². The Bertz CT molecular complexity index is 1050. The van der Waals surface area contributed by atoms with Gasteiger partial charge >= 0.3 is 0 Å². The third-order valence-electron chi connectivity index (χ3n) is 4.16. The molecule has 0 aliphatic rings. The van der Waals surface area contributed by atoms with Crippen LogP contribution in [0.4, 0.5) is 0 Å². The van der Waals surface area contributed by atoms with E-state index in [-0.39, 0.29) is 10.7 Å². The Morgan fingerprint density at radius 2 is 2.00 bits per heavy atom. The topological polar surface area (TPSA) is 79.0 Å². The van der Waals surface area contributed by atoms with Crippen LogP contribution in [0.5, 0.6) is 5.75 Å². The van der Waals surface area contributed by atoms with E-state index in [0.717, 1.165) is 6.29 Å². The SMILES string of the molecule is CCC(C=O)n1cc(OC)c(-c2cc(Cl)ccc2-n2cc(Cl)nn2)cc1=O. The number of ether oxygens (including phenoxy) is 1. The number of hydrogen-bond acceptors (Lipinski definition) is 5. The van der Waals surface area contributed by atoms with E-state index >= 15 is 0 Å². The van der Waals surface area contributed by atoms with Gasteiger partial charge in [0.25, 0.3) is 5.56 Å². The van der Waals surface area contributed by atoms with Crippen molar-refractivity contribution in [2.45, 2.75) is 19.4 Å². The largest absolute Gasteiger partial charge is 0.495 e. The molecular weight excluding hydrogens is 391 g/mol. The molecule has 0 aliphatic heterocycles. The molecular formula is C18H16Cl2N4O3. The second kappa shape index (κ2) is 7.94. The first-order valence-electron chi connectivity index (χ1n) is 8.12. The summed E-state index contributed by atoms with van der Waals surface area (Å²) in [5.74, 6) is 0.421. The highest BCUT2D eigenvalue weighted by Gasteiger charge is 2.18. The van der Waals surface area contributed by atoms with Crippen LogP contribution in [0.15, 0.2) is 41.5 Å². The number of carbonyl (C=O) groups is 1. The fraction of sp³-hybridized carbons (Fsp3) is 0.222. The molecule has 0 spiro atoms. The van der Waals surface area contributed by atoms with Crippen molar-refractivity contribution in [2.75, 3.05) is 7.11 Å². The maximum Gasteiger partial charge on any atom is 0.252 e. The van der Waals surface area contributed by atoms with Crippen molar-refractivity contribution in [3.8, 4) is 22.6 Å². The van der Waals surface area contributed by atoms with E-state index in [4.69, 9.17) is 27.9 Å². The molecule has 1 aromatic carbocycles. The zero-order valence-electron chi connectivity index (χ0n) is 14.6. The Kier molecular flexibility index (Phi) is 5.62. The summed E-state index contributed by atoms with van der Waals surface area (Å²) < 4.78 is 8.32. The minimum atomic E-state index is -0.562. The molecule has 0 bridgehead atoms.